The van der Waals surface area contributed by atoms with Crippen molar-refractivity contribution < 1.29 is 42.6 Å². The largest absolute Gasteiger partial charge is 0.490 e. The molecule has 182 valence electrons. The summed E-state index contributed by atoms with van der Waals surface area (Å²) < 4.78 is 31.7. The SMILES string of the molecule is N[C@@H]1C(=O)N2C(C(=O)O)=C(C=C3CCN(c4cccnc4Cl)C3=O)CS[C@H]12.O=C(O)C(F)(F)F. The van der Waals surface area contributed by atoms with Crippen LogP contribution in [0.3, 0.4) is 0 Å². The Balaban J connectivity index is 0.000000406. The molecule has 4 rings (SSSR count). The van der Waals surface area contributed by atoms with Gasteiger partial charge in [-0.1, -0.05) is 11.6 Å². The predicted molar refractivity (Wildman–Crippen MR) is 114 cm³/mol. The summed E-state index contributed by atoms with van der Waals surface area (Å²) in [6.45, 7) is 0.426. The number of fused-ring (bicyclic) bond motifs is 1. The Labute approximate surface area is 198 Å². The van der Waals surface area contributed by atoms with E-state index in [0.717, 1.165) is 0 Å². The molecule has 0 aliphatic carbocycles. The van der Waals surface area contributed by atoms with Gasteiger partial charge in [-0.25, -0.2) is 14.6 Å². The molecule has 0 aromatic carbocycles. The number of alkyl halides is 3. The van der Waals surface area contributed by atoms with Crippen molar-refractivity contribution >= 4 is 52.8 Å². The number of pyridine rings is 1. The zero-order valence-corrected chi connectivity index (χ0v) is 18.5. The number of allylic oxidation sites excluding steroid dienone is 1. The molecule has 0 unspecified atom stereocenters. The van der Waals surface area contributed by atoms with Crippen LogP contribution in [0.2, 0.25) is 5.15 Å². The first-order valence-corrected chi connectivity index (χ1v) is 10.9. The van der Waals surface area contributed by atoms with Gasteiger partial charge in [0.2, 0.25) is 5.91 Å². The minimum absolute atomic E-state index is 0.0939. The molecule has 3 aliphatic heterocycles. The lowest BCUT2D eigenvalue weighted by molar-refractivity contribution is -0.192. The van der Waals surface area contributed by atoms with Gasteiger partial charge in [-0.15, -0.1) is 11.8 Å². The number of β-lactam (4-membered cyclic amide) rings is 1. The van der Waals surface area contributed by atoms with E-state index in [-0.39, 0.29) is 22.1 Å². The molecule has 4 heterocycles. The maximum Gasteiger partial charge on any atom is 0.490 e. The molecule has 34 heavy (non-hydrogen) atoms. The monoisotopic (exact) mass is 520 g/mol. The third-order valence-electron chi connectivity index (χ3n) is 4.99. The Bertz CT molecular complexity index is 1130. The lowest BCUT2D eigenvalue weighted by atomic mass is 10.0. The zero-order chi connectivity index (χ0) is 25.4. The van der Waals surface area contributed by atoms with Crippen LogP contribution in [0.1, 0.15) is 6.42 Å². The molecule has 2 fully saturated rings. The summed E-state index contributed by atoms with van der Waals surface area (Å²) in [5.41, 5.74) is 7.08. The van der Waals surface area contributed by atoms with Crippen molar-refractivity contribution in [1.29, 1.82) is 0 Å². The average molecular weight is 521 g/mol. The summed E-state index contributed by atoms with van der Waals surface area (Å²) in [4.78, 5) is 52.1. The highest BCUT2D eigenvalue weighted by molar-refractivity contribution is 8.00. The lowest BCUT2D eigenvalue weighted by Crippen LogP contribution is -2.68. The Morgan fingerprint density at radius 1 is 1.29 bits per heavy atom. The molecule has 4 N–H and O–H groups in total. The second-order valence-corrected chi connectivity index (χ2v) is 8.57. The summed E-state index contributed by atoms with van der Waals surface area (Å²) in [6, 6.07) is 2.71. The number of aromatic nitrogens is 1. The van der Waals surface area contributed by atoms with Gasteiger partial charge in [0.1, 0.15) is 17.1 Å². The Kier molecular flexibility index (Phi) is 7.24. The van der Waals surface area contributed by atoms with Gasteiger partial charge in [0.05, 0.1) is 5.69 Å². The quantitative estimate of drug-likeness (QED) is 0.306. The second kappa shape index (κ2) is 9.64. The van der Waals surface area contributed by atoms with E-state index in [2.05, 4.69) is 4.98 Å². The van der Waals surface area contributed by atoms with Crippen LogP contribution < -0.4 is 10.6 Å². The van der Waals surface area contributed by atoms with Gasteiger partial charge in [0.15, 0.2) is 5.15 Å². The number of carboxylic acid groups (broad SMARTS) is 2. The number of nitrogens with two attached hydrogens (primary N) is 1. The van der Waals surface area contributed by atoms with E-state index in [1.54, 1.807) is 18.2 Å². The van der Waals surface area contributed by atoms with E-state index in [1.807, 2.05) is 0 Å². The molecule has 0 radical (unpaired) electrons. The molecule has 0 bridgehead atoms. The third-order valence-corrected chi connectivity index (χ3v) is 6.60. The van der Waals surface area contributed by atoms with E-state index < -0.39 is 30.1 Å². The number of carboxylic acids is 2. The first kappa shape index (κ1) is 25.5. The molecule has 15 heteroatoms. The van der Waals surface area contributed by atoms with E-state index in [4.69, 9.17) is 27.2 Å². The highest BCUT2D eigenvalue weighted by atomic mass is 35.5. The first-order chi connectivity index (χ1) is 15.8. The van der Waals surface area contributed by atoms with Crippen LogP contribution >= 0.6 is 23.4 Å². The van der Waals surface area contributed by atoms with Crippen LogP contribution in [-0.2, 0) is 19.2 Å². The van der Waals surface area contributed by atoms with Gasteiger partial charge in [-0.2, -0.15) is 13.2 Å². The maximum atomic E-state index is 12.8. The predicted octanol–water partition coefficient (Wildman–Crippen LogP) is 1.61. The van der Waals surface area contributed by atoms with Gasteiger partial charge in [-0.3, -0.25) is 14.5 Å². The molecule has 1 aromatic rings. The van der Waals surface area contributed by atoms with Crippen molar-refractivity contribution in [2.45, 2.75) is 24.0 Å². The number of carbonyl (C=O) groups excluding carboxylic acids is 2. The van der Waals surface area contributed by atoms with Crippen molar-refractivity contribution in [2.75, 3.05) is 17.2 Å². The van der Waals surface area contributed by atoms with Crippen molar-refractivity contribution in [3.05, 3.63) is 46.4 Å². The number of carbonyl (C=O) groups is 4. The smallest absolute Gasteiger partial charge is 0.477 e. The normalized spacial score (nSPS) is 23.4. The number of nitrogens with zero attached hydrogens (tertiary/aromatic N) is 3. The Morgan fingerprint density at radius 2 is 1.94 bits per heavy atom. The molecule has 2 saturated heterocycles. The van der Waals surface area contributed by atoms with Crippen LogP contribution in [0, 0.1) is 0 Å². The minimum Gasteiger partial charge on any atom is -0.477 e. The third kappa shape index (κ3) is 4.88. The number of rotatable bonds is 3. The van der Waals surface area contributed by atoms with Crippen LogP contribution in [0.25, 0.3) is 0 Å². The first-order valence-electron chi connectivity index (χ1n) is 9.44. The summed E-state index contributed by atoms with van der Waals surface area (Å²) >= 11 is 7.47. The van der Waals surface area contributed by atoms with Crippen molar-refractivity contribution in [1.82, 2.24) is 9.88 Å². The molecular weight excluding hydrogens is 505 g/mol. The van der Waals surface area contributed by atoms with Gasteiger partial charge < -0.3 is 20.8 Å². The van der Waals surface area contributed by atoms with E-state index >= 15 is 0 Å². The molecule has 2 amide bonds. The number of amides is 2. The number of hydrogen-bond acceptors (Lipinski definition) is 7. The summed E-state index contributed by atoms with van der Waals surface area (Å²) in [6.07, 6.45) is -1.52. The van der Waals surface area contributed by atoms with E-state index in [1.165, 1.54) is 27.8 Å². The topological polar surface area (TPSA) is 154 Å². The van der Waals surface area contributed by atoms with Gasteiger partial charge >= 0.3 is 18.1 Å². The molecule has 0 spiro atoms. The second-order valence-electron chi connectivity index (χ2n) is 7.11. The van der Waals surface area contributed by atoms with Crippen LogP contribution in [0.5, 0.6) is 0 Å². The number of thioether (sulfide) groups is 1. The molecule has 2 atom stereocenters. The lowest BCUT2D eigenvalue weighted by Gasteiger charge is -2.47. The molecule has 0 saturated carbocycles. The fraction of sp³-hybridized carbons (Fsp3) is 0.316. The van der Waals surface area contributed by atoms with Gasteiger partial charge in [-0.05, 0) is 30.2 Å². The van der Waals surface area contributed by atoms with Crippen molar-refractivity contribution in [2.24, 2.45) is 5.73 Å². The standard InChI is InChI=1S/C17H15ClN4O4S.C2HF3O2/c18-13-10(2-1-4-20-13)21-5-3-8(14(21)23)6-9-7-27-16-11(19)15(24)22(16)12(9)17(25)26;3-2(4,5)1(6)7/h1-2,4,6,11,16H,3,5,7,19H2,(H,25,26);(H,6,7)/t11-,16-;/m1./s1. The Morgan fingerprint density at radius 3 is 2.50 bits per heavy atom. The van der Waals surface area contributed by atoms with E-state index in [9.17, 15) is 32.7 Å². The molecule has 10 nitrogen and oxygen atoms in total. The van der Waals surface area contributed by atoms with Crippen molar-refractivity contribution in [3.8, 4) is 0 Å². The zero-order valence-electron chi connectivity index (χ0n) is 17.0. The molecular formula is C19H16ClF3N4O6S. The number of anilines is 1. The van der Waals surface area contributed by atoms with Crippen LogP contribution in [0.4, 0.5) is 18.9 Å². The fourth-order valence-corrected chi connectivity index (χ4v) is 4.89. The Hall–Kier alpha value is -3.10. The highest BCUT2D eigenvalue weighted by Crippen LogP contribution is 2.40. The average Bonchev–Trinajstić information content (AvgIpc) is 3.12. The summed E-state index contributed by atoms with van der Waals surface area (Å²) in [5.74, 6) is -4.26. The van der Waals surface area contributed by atoms with Crippen LogP contribution in [-0.4, -0.2) is 73.7 Å². The summed E-state index contributed by atoms with van der Waals surface area (Å²) in [7, 11) is 0. The highest BCUT2D eigenvalue weighted by Gasteiger charge is 2.51. The molecule has 3 aliphatic rings. The number of aliphatic carboxylic acids is 2. The number of hydrogen-bond donors (Lipinski definition) is 3. The fourth-order valence-electron chi connectivity index (χ4n) is 3.42. The maximum absolute atomic E-state index is 12.8. The minimum atomic E-state index is -5.08. The molecule has 1 aromatic heterocycles. The number of halogens is 4. The van der Waals surface area contributed by atoms with Gasteiger partial charge in [0.25, 0.3) is 5.91 Å². The van der Waals surface area contributed by atoms with Gasteiger partial charge in [0, 0.05) is 24.1 Å². The van der Waals surface area contributed by atoms with E-state index in [0.29, 0.717) is 35.6 Å². The summed E-state index contributed by atoms with van der Waals surface area (Å²) in [5, 5.41) is 16.6. The van der Waals surface area contributed by atoms with Crippen LogP contribution in [0.15, 0.2) is 41.2 Å². The van der Waals surface area contributed by atoms with Crippen molar-refractivity contribution in [3.63, 3.8) is 0 Å².